The van der Waals surface area contributed by atoms with Gasteiger partial charge in [0.15, 0.2) is 5.76 Å². The zero-order valence-electron chi connectivity index (χ0n) is 10.4. The minimum Gasteiger partial charge on any atom is -0.459 e. The number of amides is 3. The van der Waals surface area contributed by atoms with Crippen LogP contribution in [0.2, 0.25) is 0 Å². The molecule has 0 aromatic carbocycles. The van der Waals surface area contributed by atoms with Gasteiger partial charge in [-0.2, -0.15) is 0 Å². The number of likely N-dealkylation sites (N-methyl/N-ethyl adjacent to an activating group) is 1. The Labute approximate surface area is 106 Å². The van der Waals surface area contributed by atoms with Crippen molar-refractivity contribution in [1.82, 2.24) is 15.1 Å². The van der Waals surface area contributed by atoms with Crippen molar-refractivity contribution in [3.05, 3.63) is 24.2 Å². The smallest absolute Gasteiger partial charge is 0.324 e. The van der Waals surface area contributed by atoms with Gasteiger partial charge in [-0.05, 0) is 18.7 Å². The summed E-state index contributed by atoms with van der Waals surface area (Å²) in [7, 11) is 0. The fraction of sp³-hybridized carbons (Fsp3) is 0.500. The molecule has 0 unspecified atom stereocenters. The van der Waals surface area contributed by atoms with Crippen LogP contribution in [-0.4, -0.2) is 54.5 Å². The van der Waals surface area contributed by atoms with Crippen molar-refractivity contribution in [3.63, 3.8) is 0 Å². The Morgan fingerprint density at radius 1 is 1.33 bits per heavy atom. The Balaban J connectivity index is 1.84. The largest absolute Gasteiger partial charge is 0.459 e. The number of imide groups is 1. The van der Waals surface area contributed by atoms with E-state index in [2.05, 4.69) is 17.1 Å². The Morgan fingerprint density at radius 2 is 2.06 bits per heavy atom. The number of nitrogens with zero attached hydrogens (tertiary/aromatic N) is 2. The molecule has 0 spiro atoms. The van der Waals surface area contributed by atoms with Gasteiger partial charge in [0.05, 0.1) is 6.26 Å². The van der Waals surface area contributed by atoms with Gasteiger partial charge < -0.3 is 14.2 Å². The molecule has 6 heteroatoms. The molecule has 6 nitrogen and oxygen atoms in total. The van der Waals surface area contributed by atoms with Crippen LogP contribution in [0.3, 0.4) is 0 Å². The predicted molar refractivity (Wildman–Crippen MR) is 65.3 cm³/mol. The molecule has 0 aliphatic carbocycles. The second-order valence-electron chi connectivity index (χ2n) is 4.16. The average molecular weight is 251 g/mol. The van der Waals surface area contributed by atoms with Crippen LogP contribution in [0.25, 0.3) is 0 Å². The van der Waals surface area contributed by atoms with Gasteiger partial charge in [-0.1, -0.05) is 6.92 Å². The van der Waals surface area contributed by atoms with Crippen molar-refractivity contribution < 1.29 is 14.0 Å². The Hall–Kier alpha value is -1.82. The summed E-state index contributed by atoms with van der Waals surface area (Å²) >= 11 is 0. The quantitative estimate of drug-likeness (QED) is 0.843. The lowest BCUT2D eigenvalue weighted by Crippen LogP contribution is -2.52. The van der Waals surface area contributed by atoms with E-state index in [1.807, 2.05) is 0 Å². The summed E-state index contributed by atoms with van der Waals surface area (Å²) in [6.07, 6.45) is 1.40. The van der Waals surface area contributed by atoms with Crippen LogP contribution >= 0.6 is 0 Å². The van der Waals surface area contributed by atoms with Crippen LogP contribution in [0.1, 0.15) is 17.5 Å². The fourth-order valence-electron chi connectivity index (χ4n) is 1.91. The molecule has 0 atom stereocenters. The number of furan rings is 1. The fourth-order valence-corrected chi connectivity index (χ4v) is 1.91. The molecule has 98 valence electrons. The zero-order valence-corrected chi connectivity index (χ0v) is 10.4. The van der Waals surface area contributed by atoms with Crippen molar-refractivity contribution in [1.29, 1.82) is 0 Å². The maximum atomic E-state index is 11.8. The van der Waals surface area contributed by atoms with E-state index in [0.29, 0.717) is 13.1 Å². The lowest BCUT2D eigenvalue weighted by molar-refractivity contribution is 0.0910. The molecular weight excluding hydrogens is 234 g/mol. The maximum absolute atomic E-state index is 11.8. The van der Waals surface area contributed by atoms with E-state index in [9.17, 15) is 9.59 Å². The van der Waals surface area contributed by atoms with Crippen LogP contribution in [0.15, 0.2) is 22.8 Å². The molecule has 1 aliphatic rings. The third-order valence-corrected chi connectivity index (χ3v) is 3.07. The van der Waals surface area contributed by atoms with Crippen LogP contribution in [-0.2, 0) is 0 Å². The second kappa shape index (κ2) is 5.68. The van der Waals surface area contributed by atoms with Gasteiger partial charge in [-0.15, -0.1) is 0 Å². The van der Waals surface area contributed by atoms with Crippen LogP contribution in [0.4, 0.5) is 4.79 Å². The van der Waals surface area contributed by atoms with Gasteiger partial charge in [-0.25, -0.2) is 4.79 Å². The summed E-state index contributed by atoms with van der Waals surface area (Å²) in [5.41, 5.74) is 0. The summed E-state index contributed by atoms with van der Waals surface area (Å²) in [5.74, 6) is -0.349. The highest BCUT2D eigenvalue weighted by Gasteiger charge is 2.22. The number of urea groups is 1. The summed E-state index contributed by atoms with van der Waals surface area (Å²) in [4.78, 5) is 27.4. The maximum Gasteiger partial charge on any atom is 0.324 e. The van der Waals surface area contributed by atoms with Crippen LogP contribution < -0.4 is 5.32 Å². The molecule has 0 bridgehead atoms. The molecule has 2 rings (SSSR count). The van der Waals surface area contributed by atoms with Crippen LogP contribution in [0.5, 0.6) is 0 Å². The van der Waals surface area contributed by atoms with E-state index in [1.165, 1.54) is 12.3 Å². The second-order valence-corrected chi connectivity index (χ2v) is 4.16. The number of hydrogen-bond acceptors (Lipinski definition) is 4. The number of carbonyl (C=O) groups is 2. The first-order valence-electron chi connectivity index (χ1n) is 6.07. The van der Waals surface area contributed by atoms with E-state index < -0.39 is 5.91 Å². The van der Waals surface area contributed by atoms with Gasteiger partial charge in [0.25, 0.3) is 5.91 Å². The summed E-state index contributed by atoms with van der Waals surface area (Å²) in [6, 6.07) is 2.78. The topological polar surface area (TPSA) is 65.8 Å². The van der Waals surface area contributed by atoms with Crippen molar-refractivity contribution >= 4 is 11.9 Å². The normalized spacial score (nSPS) is 16.6. The van der Waals surface area contributed by atoms with E-state index in [4.69, 9.17) is 4.42 Å². The van der Waals surface area contributed by atoms with Gasteiger partial charge in [0.2, 0.25) is 0 Å². The molecule has 0 saturated carbocycles. The van der Waals surface area contributed by atoms with Crippen molar-refractivity contribution in [3.8, 4) is 0 Å². The standard InChI is InChI=1S/C12H17N3O3/c1-2-14-5-7-15(8-6-14)12(17)13-11(16)10-4-3-9-18-10/h3-4,9H,2,5-8H2,1H3,(H,13,16,17). The third-order valence-electron chi connectivity index (χ3n) is 3.07. The van der Waals surface area contributed by atoms with E-state index in [1.54, 1.807) is 11.0 Å². The van der Waals surface area contributed by atoms with E-state index in [0.717, 1.165) is 19.6 Å². The molecule has 1 aliphatic heterocycles. The molecule has 1 aromatic rings. The van der Waals surface area contributed by atoms with Gasteiger partial charge in [0, 0.05) is 26.2 Å². The summed E-state index contributed by atoms with van der Waals surface area (Å²) in [5, 5.41) is 2.32. The lowest BCUT2D eigenvalue weighted by atomic mass is 10.3. The van der Waals surface area contributed by atoms with Gasteiger partial charge in [0.1, 0.15) is 0 Å². The minimum absolute atomic E-state index is 0.149. The monoisotopic (exact) mass is 251 g/mol. The molecule has 1 fully saturated rings. The Bertz CT molecular complexity index is 408. The molecule has 3 amide bonds. The minimum atomic E-state index is -0.497. The number of carbonyl (C=O) groups excluding carboxylic acids is 2. The highest BCUT2D eigenvalue weighted by atomic mass is 16.3. The van der Waals surface area contributed by atoms with Crippen molar-refractivity contribution in [2.24, 2.45) is 0 Å². The number of hydrogen-bond donors (Lipinski definition) is 1. The van der Waals surface area contributed by atoms with E-state index in [-0.39, 0.29) is 11.8 Å². The first-order chi connectivity index (χ1) is 8.70. The van der Waals surface area contributed by atoms with E-state index >= 15 is 0 Å². The summed E-state index contributed by atoms with van der Waals surface area (Å²) in [6.45, 7) is 6.06. The highest BCUT2D eigenvalue weighted by Crippen LogP contribution is 2.03. The molecule has 1 aromatic heterocycles. The van der Waals surface area contributed by atoms with Crippen LogP contribution in [0, 0.1) is 0 Å². The number of nitrogens with one attached hydrogen (secondary N) is 1. The van der Waals surface area contributed by atoms with Gasteiger partial charge in [-0.3, -0.25) is 10.1 Å². The van der Waals surface area contributed by atoms with Crippen molar-refractivity contribution in [2.75, 3.05) is 32.7 Å². The predicted octanol–water partition coefficient (Wildman–Crippen LogP) is 0.767. The number of piperazine rings is 1. The molecular formula is C12H17N3O3. The van der Waals surface area contributed by atoms with Crippen molar-refractivity contribution in [2.45, 2.75) is 6.92 Å². The first kappa shape index (κ1) is 12.6. The molecule has 1 N–H and O–H groups in total. The third kappa shape index (κ3) is 2.89. The number of rotatable bonds is 2. The molecule has 2 heterocycles. The Kier molecular flexibility index (Phi) is 3.99. The Morgan fingerprint density at radius 3 is 2.61 bits per heavy atom. The first-order valence-corrected chi connectivity index (χ1v) is 6.07. The lowest BCUT2D eigenvalue weighted by Gasteiger charge is -2.33. The molecule has 18 heavy (non-hydrogen) atoms. The highest BCUT2D eigenvalue weighted by molar-refractivity contribution is 6.02. The zero-order chi connectivity index (χ0) is 13.0. The van der Waals surface area contributed by atoms with Gasteiger partial charge >= 0.3 is 6.03 Å². The average Bonchev–Trinajstić information content (AvgIpc) is 2.92. The SMILES string of the molecule is CCN1CCN(C(=O)NC(=O)c2ccco2)CC1. The molecule has 1 saturated heterocycles. The summed E-state index contributed by atoms with van der Waals surface area (Å²) < 4.78 is 4.93. The molecule has 0 radical (unpaired) electrons.